The second-order valence-electron chi connectivity index (χ2n) is 9.70. The van der Waals surface area contributed by atoms with Gasteiger partial charge in [-0.05, 0) is 63.5 Å². The lowest BCUT2D eigenvalue weighted by Gasteiger charge is -2.40. The second-order valence-corrected chi connectivity index (χ2v) is 11.0. The van der Waals surface area contributed by atoms with Gasteiger partial charge in [0.2, 0.25) is 0 Å². The lowest BCUT2D eigenvalue weighted by Crippen LogP contribution is -2.32. The van der Waals surface area contributed by atoms with Gasteiger partial charge in [0, 0.05) is 23.8 Å². The van der Waals surface area contributed by atoms with Gasteiger partial charge in [0.25, 0.3) is 0 Å². The fourth-order valence-electron chi connectivity index (χ4n) is 4.24. The van der Waals surface area contributed by atoms with Crippen molar-refractivity contribution in [3.63, 3.8) is 0 Å². The molecule has 2 unspecified atom stereocenters. The third-order valence-electron chi connectivity index (χ3n) is 5.51. The van der Waals surface area contributed by atoms with E-state index in [1.165, 1.54) is 33.6 Å². The Bertz CT molecular complexity index is 890. The Balaban J connectivity index is 2.51. The Morgan fingerprint density at radius 3 is 1.64 bits per heavy atom. The smallest absolute Gasteiger partial charge is 0.0894 e. The Kier molecular flexibility index (Phi) is 5.70. The molecule has 2 N–H and O–H groups in total. The molecule has 0 radical (unpaired) electrons. The van der Waals surface area contributed by atoms with Gasteiger partial charge in [0.15, 0.2) is 0 Å². The van der Waals surface area contributed by atoms with Crippen molar-refractivity contribution >= 4 is 18.5 Å². The Morgan fingerprint density at radius 1 is 0.750 bits per heavy atom. The van der Waals surface area contributed by atoms with E-state index in [-0.39, 0.29) is 16.0 Å². The highest BCUT2D eigenvalue weighted by atomic mass is 31.0. The van der Waals surface area contributed by atoms with E-state index in [2.05, 4.69) is 106 Å². The van der Waals surface area contributed by atoms with Crippen LogP contribution in [0.4, 0.5) is 0 Å². The van der Waals surface area contributed by atoms with Crippen LogP contribution in [0.5, 0.6) is 0 Å². The molecular formula is C24H34N2P2. The van der Waals surface area contributed by atoms with Gasteiger partial charge in [0.1, 0.15) is 0 Å². The molecule has 1 aromatic carbocycles. The van der Waals surface area contributed by atoms with E-state index < -0.39 is 0 Å². The van der Waals surface area contributed by atoms with Crippen LogP contribution in [0.25, 0.3) is 0 Å². The molecule has 150 valence electrons. The molecule has 3 rings (SSSR count). The molecule has 0 spiro atoms. The summed E-state index contributed by atoms with van der Waals surface area (Å²) >= 11 is 0. The zero-order valence-electron chi connectivity index (χ0n) is 18.0. The number of aromatic nitrogens is 2. The van der Waals surface area contributed by atoms with Crippen molar-refractivity contribution in [3.8, 4) is 0 Å². The van der Waals surface area contributed by atoms with Crippen LogP contribution >= 0.6 is 18.5 Å². The van der Waals surface area contributed by atoms with Gasteiger partial charge >= 0.3 is 0 Å². The summed E-state index contributed by atoms with van der Waals surface area (Å²) < 4.78 is 0. The van der Waals surface area contributed by atoms with Crippen molar-refractivity contribution < 1.29 is 0 Å². The molecule has 28 heavy (non-hydrogen) atoms. The standard InChI is InChI=1S/C24H34N2P2/c1-22(2,3)17-12-11-16(15-27)20(21(17)23(4,5)6)24(28,18-9-7-13-25-18)19-10-8-14-26-19/h7-14,25-26H,15,27-28H2,1-6H3. The normalized spacial score (nSPS) is 13.1. The lowest BCUT2D eigenvalue weighted by molar-refractivity contribution is 0.520. The van der Waals surface area contributed by atoms with Crippen molar-refractivity contribution in [2.45, 2.75) is 63.7 Å². The SMILES string of the molecule is CC(C)(C)c1ccc(CP)c(C(P)(c2ccc[nH]2)c2ccc[nH]2)c1C(C)(C)C. The van der Waals surface area contributed by atoms with Gasteiger partial charge in [-0.1, -0.05) is 53.7 Å². The molecule has 0 aliphatic carbocycles. The fourth-order valence-corrected chi connectivity index (χ4v) is 5.27. The number of hydrogen-bond donors (Lipinski definition) is 2. The highest BCUT2D eigenvalue weighted by Gasteiger charge is 2.41. The maximum atomic E-state index is 3.51. The third-order valence-corrected chi connectivity index (χ3v) is 6.86. The molecule has 2 nitrogen and oxygen atoms in total. The van der Waals surface area contributed by atoms with Crippen molar-refractivity contribution in [3.05, 3.63) is 82.4 Å². The van der Waals surface area contributed by atoms with E-state index in [0.717, 1.165) is 6.16 Å². The van der Waals surface area contributed by atoms with E-state index in [1.54, 1.807) is 0 Å². The number of H-pyrrole nitrogens is 2. The fraction of sp³-hybridized carbons (Fsp3) is 0.417. The minimum atomic E-state index is -0.372. The minimum Gasteiger partial charge on any atom is -0.364 e. The Morgan fingerprint density at radius 2 is 1.29 bits per heavy atom. The molecule has 0 saturated carbocycles. The van der Waals surface area contributed by atoms with Gasteiger partial charge < -0.3 is 9.97 Å². The van der Waals surface area contributed by atoms with E-state index in [1.807, 2.05) is 12.4 Å². The van der Waals surface area contributed by atoms with E-state index in [9.17, 15) is 0 Å². The van der Waals surface area contributed by atoms with Crippen LogP contribution < -0.4 is 0 Å². The molecule has 0 saturated heterocycles. The second kappa shape index (κ2) is 7.47. The van der Waals surface area contributed by atoms with Crippen molar-refractivity contribution in [2.75, 3.05) is 0 Å². The van der Waals surface area contributed by atoms with Crippen molar-refractivity contribution in [1.29, 1.82) is 0 Å². The zero-order valence-corrected chi connectivity index (χ0v) is 20.3. The first-order valence-corrected chi connectivity index (χ1v) is 11.3. The van der Waals surface area contributed by atoms with E-state index in [0.29, 0.717) is 0 Å². The van der Waals surface area contributed by atoms with Crippen LogP contribution in [0.2, 0.25) is 0 Å². The molecule has 0 bridgehead atoms. The number of rotatable bonds is 4. The largest absolute Gasteiger partial charge is 0.364 e. The number of aromatic amines is 2. The maximum Gasteiger partial charge on any atom is 0.0894 e. The molecular weight excluding hydrogens is 378 g/mol. The third kappa shape index (κ3) is 3.62. The monoisotopic (exact) mass is 412 g/mol. The molecule has 2 aromatic heterocycles. The van der Waals surface area contributed by atoms with Crippen LogP contribution in [-0.4, -0.2) is 9.97 Å². The Hall–Kier alpha value is -1.36. The van der Waals surface area contributed by atoms with Crippen molar-refractivity contribution in [2.24, 2.45) is 0 Å². The number of benzene rings is 1. The molecule has 0 aliphatic heterocycles. The summed E-state index contributed by atoms with van der Waals surface area (Å²) in [5.74, 6) is 0. The number of nitrogens with one attached hydrogen (secondary N) is 2. The average Bonchev–Trinajstić information content (AvgIpc) is 3.31. The van der Waals surface area contributed by atoms with Gasteiger partial charge in [-0.3, -0.25) is 0 Å². The molecule has 0 fully saturated rings. The predicted octanol–water partition coefficient (Wildman–Crippen LogP) is 6.48. The predicted molar refractivity (Wildman–Crippen MR) is 128 cm³/mol. The molecule has 4 heteroatoms. The van der Waals surface area contributed by atoms with Gasteiger partial charge in [-0.25, -0.2) is 0 Å². The summed E-state index contributed by atoms with van der Waals surface area (Å²) in [5, 5.41) is -0.372. The number of hydrogen-bond acceptors (Lipinski definition) is 0. The van der Waals surface area contributed by atoms with Crippen LogP contribution in [0.3, 0.4) is 0 Å². The molecule has 3 aromatic rings. The maximum absolute atomic E-state index is 3.51. The minimum absolute atomic E-state index is 0.00873. The zero-order chi connectivity index (χ0) is 20.7. The first kappa shape index (κ1) is 21.4. The molecule has 0 amide bonds. The highest BCUT2D eigenvalue weighted by Crippen LogP contribution is 2.51. The summed E-state index contributed by atoms with van der Waals surface area (Å²) in [6.07, 6.45) is 4.95. The average molecular weight is 412 g/mol. The summed E-state index contributed by atoms with van der Waals surface area (Å²) in [6, 6.07) is 13.2. The lowest BCUT2D eigenvalue weighted by atomic mass is 9.69. The molecule has 2 heterocycles. The quantitative estimate of drug-likeness (QED) is 0.460. The van der Waals surface area contributed by atoms with Crippen molar-refractivity contribution in [1.82, 2.24) is 9.97 Å². The van der Waals surface area contributed by atoms with Gasteiger partial charge in [-0.2, -0.15) is 0 Å². The summed E-state index contributed by atoms with van der Waals surface area (Å²) in [6.45, 7) is 14.0. The Labute approximate surface area is 174 Å². The van der Waals surface area contributed by atoms with Crippen LogP contribution in [-0.2, 0) is 22.1 Å². The van der Waals surface area contributed by atoms with Gasteiger partial charge in [0.05, 0.1) is 5.16 Å². The first-order valence-electron chi connectivity index (χ1n) is 9.95. The van der Waals surface area contributed by atoms with Crippen LogP contribution in [0, 0.1) is 0 Å². The van der Waals surface area contributed by atoms with Gasteiger partial charge in [-0.15, -0.1) is 18.5 Å². The van der Waals surface area contributed by atoms with E-state index in [4.69, 9.17) is 0 Å². The molecule has 2 atom stereocenters. The summed E-state index contributed by atoms with van der Waals surface area (Å²) in [7, 11) is 6.12. The van der Waals surface area contributed by atoms with E-state index >= 15 is 0 Å². The topological polar surface area (TPSA) is 31.6 Å². The van der Waals surface area contributed by atoms with Crippen LogP contribution in [0.1, 0.15) is 75.2 Å². The van der Waals surface area contributed by atoms with Crippen LogP contribution in [0.15, 0.2) is 48.8 Å². The summed E-state index contributed by atoms with van der Waals surface area (Å²) in [5.41, 5.74) is 8.04. The summed E-state index contributed by atoms with van der Waals surface area (Å²) in [4.78, 5) is 7.01. The highest BCUT2D eigenvalue weighted by molar-refractivity contribution is 7.19. The molecule has 0 aliphatic rings. The first-order chi connectivity index (χ1) is 13.0.